The number of aromatic nitrogens is 1. The lowest BCUT2D eigenvalue weighted by Gasteiger charge is -2.11. The minimum absolute atomic E-state index is 0.430. The maximum Gasteiger partial charge on any atom is 0.221 e. The fourth-order valence-corrected chi connectivity index (χ4v) is 1.84. The molecule has 0 aliphatic carbocycles. The van der Waals surface area contributed by atoms with Gasteiger partial charge in [0.1, 0.15) is 5.82 Å². The first-order valence-corrected chi connectivity index (χ1v) is 6.30. The van der Waals surface area contributed by atoms with Gasteiger partial charge in [-0.1, -0.05) is 25.5 Å². The highest BCUT2D eigenvalue weighted by molar-refractivity contribution is 5.45. The number of rotatable bonds is 5. The van der Waals surface area contributed by atoms with E-state index in [9.17, 15) is 0 Å². The Morgan fingerprint density at radius 3 is 2.68 bits per heavy atom. The molecule has 1 aromatic carbocycles. The second-order valence-electron chi connectivity index (χ2n) is 4.24. The van der Waals surface area contributed by atoms with Crippen LogP contribution in [0.25, 0.3) is 0 Å². The van der Waals surface area contributed by atoms with E-state index in [1.165, 1.54) is 5.56 Å². The van der Waals surface area contributed by atoms with Crippen LogP contribution < -0.4 is 15.2 Å². The number of nitrogen functional groups attached to an aromatic ring is 1. The summed E-state index contributed by atoms with van der Waals surface area (Å²) in [5.74, 6) is 2.23. The van der Waals surface area contributed by atoms with Gasteiger partial charge in [-0.2, -0.15) is 4.98 Å². The normalized spacial score (nSPS) is 10.2. The van der Waals surface area contributed by atoms with Gasteiger partial charge in [-0.05, 0) is 30.2 Å². The standard InChI is InChI=1S/C15H18N2O2/c1-3-5-11-8-9-12(13(10-11)18-2)19-15-7-4-6-14(16)17-15/h4,6-10H,3,5H2,1-2H3,(H2,16,17). The van der Waals surface area contributed by atoms with Crippen LogP contribution in [0.2, 0.25) is 0 Å². The fraction of sp³-hybridized carbons (Fsp3) is 0.267. The Labute approximate surface area is 113 Å². The van der Waals surface area contributed by atoms with Crippen molar-refractivity contribution in [3.05, 3.63) is 42.0 Å². The van der Waals surface area contributed by atoms with Gasteiger partial charge in [-0.25, -0.2) is 0 Å². The third-order valence-electron chi connectivity index (χ3n) is 2.73. The third-order valence-corrected chi connectivity index (χ3v) is 2.73. The minimum Gasteiger partial charge on any atom is -0.493 e. The first-order valence-electron chi connectivity index (χ1n) is 6.30. The molecule has 0 saturated carbocycles. The van der Waals surface area contributed by atoms with Gasteiger partial charge in [0.15, 0.2) is 11.5 Å². The number of hydrogen-bond acceptors (Lipinski definition) is 4. The van der Waals surface area contributed by atoms with Crippen molar-refractivity contribution in [2.24, 2.45) is 0 Å². The van der Waals surface area contributed by atoms with Gasteiger partial charge in [-0.3, -0.25) is 0 Å². The molecule has 0 amide bonds. The molecule has 4 nitrogen and oxygen atoms in total. The van der Waals surface area contributed by atoms with Crippen LogP contribution in [0, 0.1) is 0 Å². The second kappa shape index (κ2) is 6.09. The summed E-state index contributed by atoms with van der Waals surface area (Å²) in [6, 6.07) is 11.2. The third kappa shape index (κ3) is 3.37. The van der Waals surface area contributed by atoms with Crippen LogP contribution in [0.15, 0.2) is 36.4 Å². The molecule has 100 valence electrons. The van der Waals surface area contributed by atoms with Crippen LogP contribution in [0.4, 0.5) is 5.82 Å². The molecule has 19 heavy (non-hydrogen) atoms. The number of aryl methyl sites for hydroxylation is 1. The average molecular weight is 258 g/mol. The highest BCUT2D eigenvalue weighted by Gasteiger charge is 2.07. The molecule has 0 aliphatic heterocycles. The van der Waals surface area contributed by atoms with Crippen molar-refractivity contribution >= 4 is 5.82 Å². The molecule has 2 N–H and O–H groups in total. The van der Waals surface area contributed by atoms with E-state index in [1.807, 2.05) is 18.2 Å². The quantitative estimate of drug-likeness (QED) is 0.892. The smallest absolute Gasteiger partial charge is 0.221 e. The number of methoxy groups -OCH3 is 1. The molecular formula is C15H18N2O2. The zero-order valence-corrected chi connectivity index (χ0v) is 11.2. The summed E-state index contributed by atoms with van der Waals surface area (Å²) in [4.78, 5) is 4.10. The van der Waals surface area contributed by atoms with E-state index in [-0.39, 0.29) is 0 Å². The summed E-state index contributed by atoms with van der Waals surface area (Å²) < 4.78 is 11.0. The van der Waals surface area contributed by atoms with Gasteiger partial charge in [0.2, 0.25) is 5.88 Å². The van der Waals surface area contributed by atoms with E-state index in [0.29, 0.717) is 23.2 Å². The van der Waals surface area contributed by atoms with Gasteiger partial charge < -0.3 is 15.2 Å². The molecule has 4 heteroatoms. The molecule has 0 fully saturated rings. The Hall–Kier alpha value is -2.23. The van der Waals surface area contributed by atoms with Crippen LogP contribution >= 0.6 is 0 Å². The molecule has 0 unspecified atom stereocenters. The molecule has 0 saturated heterocycles. The number of nitrogens with two attached hydrogens (primary N) is 1. The lowest BCUT2D eigenvalue weighted by molar-refractivity contribution is 0.374. The van der Waals surface area contributed by atoms with E-state index in [4.69, 9.17) is 15.2 Å². The SMILES string of the molecule is CCCc1ccc(Oc2cccc(N)n2)c(OC)c1. The lowest BCUT2D eigenvalue weighted by atomic mass is 10.1. The molecule has 0 spiro atoms. The van der Waals surface area contributed by atoms with E-state index < -0.39 is 0 Å². The van der Waals surface area contributed by atoms with Crippen LogP contribution in [-0.2, 0) is 6.42 Å². The molecule has 0 atom stereocenters. The predicted molar refractivity (Wildman–Crippen MR) is 75.7 cm³/mol. The van der Waals surface area contributed by atoms with Gasteiger partial charge in [0, 0.05) is 6.07 Å². The van der Waals surface area contributed by atoms with E-state index >= 15 is 0 Å². The van der Waals surface area contributed by atoms with Crippen LogP contribution in [0.5, 0.6) is 17.4 Å². The zero-order chi connectivity index (χ0) is 13.7. The fourth-order valence-electron chi connectivity index (χ4n) is 1.84. The van der Waals surface area contributed by atoms with Crippen molar-refractivity contribution < 1.29 is 9.47 Å². The topological polar surface area (TPSA) is 57.4 Å². The van der Waals surface area contributed by atoms with Gasteiger partial charge in [0.05, 0.1) is 7.11 Å². The maximum absolute atomic E-state index is 5.70. The Bertz CT molecular complexity index is 556. The lowest BCUT2D eigenvalue weighted by Crippen LogP contribution is -1.96. The van der Waals surface area contributed by atoms with E-state index in [1.54, 1.807) is 25.3 Å². The van der Waals surface area contributed by atoms with Gasteiger partial charge in [0.25, 0.3) is 0 Å². The van der Waals surface area contributed by atoms with Crippen LogP contribution in [0.1, 0.15) is 18.9 Å². The highest BCUT2D eigenvalue weighted by Crippen LogP contribution is 2.32. The van der Waals surface area contributed by atoms with Crippen molar-refractivity contribution in [2.75, 3.05) is 12.8 Å². The van der Waals surface area contributed by atoms with Crippen molar-refractivity contribution in [3.8, 4) is 17.4 Å². The molecule has 2 rings (SSSR count). The summed E-state index contributed by atoms with van der Waals surface area (Å²) in [5, 5.41) is 0. The maximum atomic E-state index is 5.70. The van der Waals surface area contributed by atoms with E-state index in [0.717, 1.165) is 12.8 Å². The number of ether oxygens (including phenoxy) is 2. The molecule has 0 aliphatic rings. The van der Waals surface area contributed by atoms with Crippen molar-refractivity contribution in [2.45, 2.75) is 19.8 Å². The molecular weight excluding hydrogens is 240 g/mol. The largest absolute Gasteiger partial charge is 0.493 e. The highest BCUT2D eigenvalue weighted by atomic mass is 16.5. The number of nitrogens with zero attached hydrogens (tertiary/aromatic N) is 1. The second-order valence-corrected chi connectivity index (χ2v) is 4.24. The average Bonchev–Trinajstić information content (AvgIpc) is 2.41. The predicted octanol–water partition coefficient (Wildman–Crippen LogP) is 3.42. The minimum atomic E-state index is 0.430. The summed E-state index contributed by atoms with van der Waals surface area (Å²) in [5.41, 5.74) is 6.85. The van der Waals surface area contributed by atoms with Gasteiger partial charge in [-0.15, -0.1) is 0 Å². The summed E-state index contributed by atoms with van der Waals surface area (Å²) in [7, 11) is 1.63. The van der Waals surface area contributed by atoms with Crippen LogP contribution in [-0.4, -0.2) is 12.1 Å². The van der Waals surface area contributed by atoms with Crippen molar-refractivity contribution in [1.82, 2.24) is 4.98 Å². The first-order chi connectivity index (χ1) is 9.22. The summed E-state index contributed by atoms with van der Waals surface area (Å²) >= 11 is 0. The number of hydrogen-bond donors (Lipinski definition) is 1. The molecule has 0 bridgehead atoms. The Kier molecular flexibility index (Phi) is 4.23. The van der Waals surface area contributed by atoms with E-state index in [2.05, 4.69) is 11.9 Å². The molecule has 0 radical (unpaired) electrons. The molecule has 2 aromatic rings. The Morgan fingerprint density at radius 2 is 2.00 bits per heavy atom. The zero-order valence-electron chi connectivity index (χ0n) is 11.2. The van der Waals surface area contributed by atoms with Crippen molar-refractivity contribution in [3.63, 3.8) is 0 Å². The monoisotopic (exact) mass is 258 g/mol. The molecule has 1 heterocycles. The number of pyridine rings is 1. The molecule has 1 aromatic heterocycles. The van der Waals surface area contributed by atoms with Crippen molar-refractivity contribution in [1.29, 1.82) is 0 Å². The summed E-state index contributed by atoms with van der Waals surface area (Å²) in [6.45, 7) is 2.15. The Balaban J connectivity index is 2.24. The number of benzene rings is 1. The number of anilines is 1. The van der Waals surface area contributed by atoms with Gasteiger partial charge >= 0.3 is 0 Å². The first kappa shape index (κ1) is 13.2. The Morgan fingerprint density at radius 1 is 1.16 bits per heavy atom. The van der Waals surface area contributed by atoms with Crippen LogP contribution in [0.3, 0.4) is 0 Å². The summed E-state index contributed by atoms with van der Waals surface area (Å²) in [6.07, 6.45) is 2.12.